The molecule has 1 aliphatic rings. The van der Waals surface area contributed by atoms with Crippen LogP contribution in [0.1, 0.15) is 63.5 Å². The lowest BCUT2D eigenvalue weighted by Crippen LogP contribution is -2.61. The molecule has 0 radical (unpaired) electrons. The first-order chi connectivity index (χ1) is 27.8. The van der Waals surface area contributed by atoms with Gasteiger partial charge in [0.1, 0.15) is 23.7 Å². The number of halogens is 3. The van der Waals surface area contributed by atoms with Crippen molar-refractivity contribution in [2.45, 2.75) is 101 Å². The molecule has 0 saturated carbocycles. The van der Waals surface area contributed by atoms with Gasteiger partial charge in [-0.05, 0) is 68.5 Å². The number of rotatable bonds is 21. The van der Waals surface area contributed by atoms with Crippen molar-refractivity contribution in [3.8, 4) is 0 Å². The zero-order valence-electron chi connectivity index (χ0n) is 33.5. The number of aliphatic carboxylic acids is 2. The van der Waals surface area contributed by atoms with Gasteiger partial charge >= 0.3 is 18.1 Å². The SMILES string of the molecule is CC(C)C[C@@H](NC(=O)[C@@H](Cc1ccccc1)NC(=O)[C@@H](Cc1ccccc1)NCCN)C(=O)N[C@H](CCCCN)C(=O)N1CCC(N)(C(=O)O)CC1.O=C(O)C(F)(F)F. The van der Waals surface area contributed by atoms with Crippen molar-refractivity contribution >= 4 is 35.6 Å². The minimum atomic E-state index is -5.08. The van der Waals surface area contributed by atoms with E-state index in [0.29, 0.717) is 45.3 Å². The molecule has 0 unspecified atom stereocenters. The number of carboxylic acid groups (broad SMARTS) is 2. The van der Waals surface area contributed by atoms with E-state index in [0.717, 1.165) is 11.1 Å². The van der Waals surface area contributed by atoms with Crippen molar-refractivity contribution in [2.24, 2.45) is 23.1 Å². The Labute approximate surface area is 342 Å². The highest BCUT2D eigenvalue weighted by molar-refractivity contribution is 5.95. The van der Waals surface area contributed by atoms with Crippen LogP contribution in [-0.2, 0) is 41.6 Å². The third kappa shape index (κ3) is 17.7. The number of benzene rings is 2. The fraction of sp³-hybridized carbons (Fsp3) is 0.550. The molecule has 1 fully saturated rings. The maximum atomic E-state index is 14.1. The number of alkyl halides is 3. The van der Waals surface area contributed by atoms with Gasteiger partial charge in [-0.3, -0.25) is 24.0 Å². The Morgan fingerprint density at radius 1 is 0.729 bits per heavy atom. The van der Waals surface area contributed by atoms with Gasteiger partial charge in [-0.2, -0.15) is 13.2 Å². The highest BCUT2D eigenvalue weighted by Crippen LogP contribution is 2.21. The van der Waals surface area contributed by atoms with Crippen molar-refractivity contribution < 1.29 is 52.2 Å². The van der Waals surface area contributed by atoms with E-state index >= 15 is 0 Å². The predicted molar refractivity (Wildman–Crippen MR) is 213 cm³/mol. The number of hydrogen-bond donors (Lipinski definition) is 9. The zero-order valence-corrected chi connectivity index (χ0v) is 33.5. The van der Waals surface area contributed by atoms with Crippen molar-refractivity contribution in [2.75, 3.05) is 32.7 Å². The summed E-state index contributed by atoms with van der Waals surface area (Å²) in [7, 11) is 0. The first-order valence-electron chi connectivity index (χ1n) is 19.5. The van der Waals surface area contributed by atoms with Crippen molar-refractivity contribution in [1.29, 1.82) is 0 Å². The molecule has 19 heteroatoms. The van der Waals surface area contributed by atoms with Crippen LogP contribution in [0.15, 0.2) is 60.7 Å². The molecule has 0 spiro atoms. The van der Waals surface area contributed by atoms with Crippen LogP contribution in [0, 0.1) is 5.92 Å². The molecule has 2 aromatic rings. The number of carbonyl (C=O) groups excluding carboxylic acids is 4. The van der Waals surface area contributed by atoms with Crippen LogP contribution in [0.3, 0.4) is 0 Å². The molecule has 12 N–H and O–H groups in total. The van der Waals surface area contributed by atoms with Gasteiger partial charge < -0.3 is 53.6 Å². The minimum Gasteiger partial charge on any atom is -0.480 e. The summed E-state index contributed by atoms with van der Waals surface area (Å²) in [5, 5.41) is 28.5. The van der Waals surface area contributed by atoms with Crippen LogP contribution in [0.2, 0.25) is 0 Å². The normalized spacial score (nSPS) is 15.7. The zero-order chi connectivity index (χ0) is 44.2. The monoisotopic (exact) mass is 836 g/mol. The van der Waals surface area contributed by atoms with Crippen LogP contribution in [-0.4, -0.2) is 119 Å². The molecule has 59 heavy (non-hydrogen) atoms. The molecule has 0 bridgehead atoms. The van der Waals surface area contributed by atoms with Crippen LogP contribution in [0.5, 0.6) is 0 Å². The summed E-state index contributed by atoms with van der Waals surface area (Å²) in [6.07, 6.45) is -2.53. The van der Waals surface area contributed by atoms with E-state index < -0.39 is 59.6 Å². The molecule has 16 nitrogen and oxygen atoms in total. The third-order valence-corrected chi connectivity index (χ3v) is 9.59. The highest BCUT2D eigenvalue weighted by Gasteiger charge is 2.41. The number of carbonyl (C=O) groups is 6. The smallest absolute Gasteiger partial charge is 0.480 e. The second kappa shape index (κ2) is 24.7. The lowest BCUT2D eigenvalue weighted by Gasteiger charge is -2.38. The Morgan fingerprint density at radius 2 is 1.19 bits per heavy atom. The molecule has 4 atom stereocenters. The molecule has 328 valence electrons. The lowest BCUT2D eigenvalue weighted by atomic mass is 9.88. The van der Waals surface area contributed by atoms with Crippen molar-refractivity contribution in [1.82, 2.24) is 26.2 Å². The summed E-state index contributed by atoms with van der Waals surface area (Å²) in [6.45, 7) is 5.26. The third-order valence-electron chi connectivity index (χ3n) is 9.59. The van der Waals surface area contributed by atoms with E-state index in [1.807, 2.05) is 74.5 Å². The van der Waals surface area contributed by atoms with E-state index in [9.17, 15) is 42.3 Å². The summed E-state index contributed by atoms with van der Waals surface area (Å²) in [4.78, 5) is 77.6. The maximum absolute atomic E-state index is 14.1. The maximum Gasteiger partial charge on any atom is 0.490 e. The molecular weight excluding hydrogens is 777 g/mol. The molecule has 0 aromatic heterocycles. The van der Waals surface area contributed by atoms with Crippen molar-refractivity contribution in [3.63, 3.8) is 0 Å². The largest absolute Gasteiger partial charge is 0.490 e. The summed E-state index contributed by atoms with van der Waals surface area (Å²) in [5.41, 5.74) is 17.8. The molecule has 3 rings (SSSR count). The number of nitrogens with zero attached hydrogens (tertiary/aromatic N) is 1. The quantitative estimate of drug-likeness (QED) is 0.0799. The Hall–Kier alpha value is -5.11. The van der Waals surface area contributed by atoms with Crippen LogP contribution in [0.4, 0.5) is 13.2 Å². The fourth-order valence-corrected chi connectivity index (χ4v) is 6.25. The molecule has 1 saturated heterocycles. The van der Waals surface area contributed by atoms with E-state index in [1.165, 1.54) is 4.90 Å². The number of piperidine rings is 1. The fourth-order valence-electron chi connectivity index (χ4n) is 6.25. The van der Waals surface area contributed by atoms with Crippen LogP contribution in [0.25, 0.3) is 0 Å². The Morgan fingerprint density at radius 3 is 1.64 bits per heavy atom. The average molecular weight is 837 g/mol. The molecule has 2 aromatic carbocycles. The standard InChI is InChI=1S/C38H58N8O6.C2HF3O2/c1-26(2)23-31(34(48)43-29(15-9-10-18-39)36(50)46-21-16-38(41,17-22-46)37(51)52)44-35(49)32(25-28-13-7-4-8-14-28)45-33(47)30(42-20-19-40)24-27-11-5-3-6-12-27;3-2(4,5)1(6)7/h3-8,11-14,26,29-32,42H,9-10,15-25,39-41H2,1-2H3,(H,43,48)(H,44,49)(H,45,47)(H,51,52);(H,6,7)/t29-,30-,31-,32-;/m1./s1. The predicted octanol–water partition coefficient (Wildman–Crippen LogP) is 1.06. The molecule has 1 aliphatic heterocycles. The molecule has 4 amide bonds. The number of unbranched alkanes of at least 4 members (excludes halogenated alkanes) is 1. The number of carboxylic acids is 2. The first-order valence-corrected chi connectivity index (χ1v) is 19.5. The molecular formula is C40H59F3N8O8. The summed E-state index contributed by atoms with van der Waals surface area (Å²) in [6, 6.07) is 15.2. The Kier molecular flexibility index (Phi) is 21.0. The van der Waals surface area contributed by atoms with Gasteiger partial charge in [0.25, 0.3) is 0 Å². The van der Waals surface area contributed by atoms with E-state index in [4.69, 9.17) is 27.1 Å². The van der Waals surface area contributed by atoms with Crippen LogP contribution >= 0.6 is 0 Å². The number of nitrogens with two attached hydrogens (primary N) is 3. The van der Waals surface area contributed by atoms with E-state index in [2.05, 4.69) is 21.3 Å². The number of likely N-dealkylation sites (tertiary alicyclic amines) is 1. The van der Waals surface area contributed by atoms with Gasteiger partial charge in [-0.15, -0.1) is 0 Å². The Balaban J connectivity index is 0.00000157. The van der Waals surface area contributed by atoms with Gasteiger partial charge in [-0.25, -0.2) is 4.79 Å². The van der Waals surface area contributed by atoms with Gasteiger partial charge in [0.2, 0.25) is 23.6 Å². The number of hydrogen-bond acceptors (Lipinski definition) is 10. The highest BCUT2D eigenvalue weighted by atomic mass is 19.4. The summed E-state index contributed by atoms with van der Waals surface area (Å²) in [5.74, 6) is -5.65. The minimum absolute atomic E-state index is 0.00360. The van der Waals surface area contributed by atoms with Gasteiger partial charge in [0.05, 0.1) is 6.04 Å². The number of amides is 4. The second-order valence-corrected chi connectivity index (χ2v) is 14.9. The van der Waals surface area contributed by atoms with Gasteiger partial charge in [-0.1, -0.05) is 74.5 Å². The van der Waals surface area contributed by atoms with Gasteiger partial charge in [0.15, 0.2) is 0 Å². The number of nitrogens with one attached hydrogen (secondary N) is 4. The lowest BCUT2D eigenvalue weighted by molar-refractivity contribution is -0.192. The van der Waals surface area contributed by atoms with E-state index in [1.54, 1.807) is 0 Å². The summed E-state index contributed by atoms with van der Waals surface area (Å²) < 4.78 is 31.7. The summed E-state index contributed by atoms with van der Waals surface area (Å²) >= 11 is 0. The van der Waals surface area contributed by atoms with Crippen LogP contribution < -0.4 is 38.5 Å². The molecule has 1 heterocycles. The average Bonchev–Trinajstić information content (AvgIpc) is 3.19. The van der Waals surface area contributed by atoms with Crippen molar-refractivity contribution in [3.05, 3.63) is 71.8 Å². The molecule has 0 aliphatic carbocycles. The topological polar surface area (TPSA) is 272 Å². The van der Waals surface area contributed by atoms with E-state index in [-0.39, 0.29) is 56.5 Å². The Bertz CT molecular complexity index is 1640. The second-order valence-electron chi connectivity index (χ2n) is 14.9. The van der Waals surface area contributed by atoms with Gasteiger partial charge in [0, 0.05) is 32.6 Å². The first kappa shape index (κ1) is 50.0.